The molecule has 2 heterocycles. The Morgan fingerprint density at radius 2 is 1.73 bits per heavy atom. The van der Waals surface area contributed by atoms with Crippen LogP contribution in [-0.2, 0) is 0 Å². The SMILES string of the molecule is CC(=O)c1ccc(C(=O)NCCN2CCN(c3nc4c(C)cccc4s3)CC2)cc1. The minimum atomic E-state index is -0.103. The Bertz CT molecular complexity index is 1050. The van der Waals surface area contributed by atoms with Crippen molar-refractivity contribution in [3.05, 3.63) is 59.2 Å². The van der Waals surface area contributed by atoms with E-state index in [4.69, 9.17) is 4.98 Å². The number of rotatable bonds is 6. The monoisotopic (exact) mass is 422 g/mol. The number of hydrogen-bond donors (Lipinski definition) is 1. The standard InChI is InChI=1S/C23H26N4O2S/c1-16-4-3-5-20-21(16)25-23(30-20)27-14-12-26(13-15-27)11-10-24-22(29)19-8-6-18(7-9-19)17(2)28/h3-9H,10-15H2,1-2H3,(H,24,29). The third-order valence-corrected chi connectivity index (χ3v) is 6.60. The molecule has 1 saturated heterocycles. The Morgan fingerprint density at radius 3 is 2.40 bits per heavy atom. The van der Waals surface area contributed by atoms with Gasteiger partial charge in [0.1, 0.15) is 0 Å². The van der Waals surface area contributed by atoms with E-state index in [0.29, 0.717) is 17.7 Å². The maximum Gasteiger partial charge on any atom is 0.251 e. The Morgan fingerprint density at radius 1 is 1.03 bits per heavy atom. The van der Waals surface area contributed by atoms with Gasteiger partial charge in [0, 0.05) is 50.4 Å². The molecule has 156 valence electrons. The summed E-state index contributed by atoms with van der Waals surface area (Å²) in [5.74, 6) is -0.101. The number of hydrogen-bond acceptors (Lipinski definition) is 6. The summed E-state index contributed by atoms with van der Waals surface area (Å²) in [4.78, 5) is 33.2. The molecule has 4 rings (SSSR count). The number of thiazole rings is 1. The van der Waals surface area contributed by atoms with E-state index in [1.807, 2.05) is 0 Å². The second-order valence-electron chi connectivity index (χ2n) is 7.64. The number of anilines is 1. The van der Waals surface area contributed by atoms with Gasteiger partial charge in [-0.15, -0.1) is 0 Å². The molecule has 0 bridgehead atoms. The van der Waals surface area contributed by atoms with E-state index < -0.39 is 0 Å². The van der Waals surface area contributed by atoms with Crippen LogP contribution in [0.15, 0.2) is 42.5 Å². The molecular weight excluding hydrogens is 396 g/mol. The number of fused-ring (bicyclic) bond motifs is 1. The summed E-state index contributed by atoms with van der Waals surface area (Å²) < 4.78 is 1.24. The van der Waals surface area contributed by atoms with Crippen LogP contribution in [-0.4, -0.2) is 60.8 Å². The second kappa shape index (κ2) is 8.93. The molecule has 2 aromatic carbocycles. The van der Waals surface area contributed by atoms with Gasteiger partial charge in [0.15, 0.2) is 10.9 Å². The number of nitrogens with one attached hydrogen (secondary N) is 1. The van der Waals surface area contributed by atoms with Crippen LogP contribution >= 0.6 is 11.3 Å². The lowest BCUT2D eigenvalue weighted by atomic mass is 10.1. The summed E-state index contributed by atoms with van der Waals surface area (Å²) in [6, 6.07) is 13.1. The first-order chi connectivity index (χ1) is 14.5. The average molecular weight is 423 g/mol. The lowest BCUT2D eigenvalue weighted by Gasteiger charge is -2.34. The summed E-state index contributed by atoms with van der Waals surface area (Å²) in [7, 11) is 0. The number of amides is 1. The summed E-state index contributed by atoms with van der Waals surface area (Å²) in [6.45, 7) is 8.86. The molecule has 3 aromatic rings. The highest BCUT2D eigenvalue weighted by Gasteiger charge is 2.20. The molecule has 0 spiro atoms. The minimum Gasteiger partial charge on any atom is -0.351 e. The smallest absolute Gasteiger partial charge is 0.251 e. The van der Waals surface area contributed by atoms with E-state index in [2.05, 4.69) is 40.2 Å². The van der Waals surface area contributed by atoms with Crippen LogP contribution in [0.4, 0.5) is 5.13 Å². The number of aryl methyl sites for hydroxylation is 1. The van der Waals surface area contributed by atoms with Crippen LogP contribution in [0.1, 0.15) is 33.2 Å². The van der Waals surface area contributed by atoms with E-state index >= 15 is 0 Å². The van der Waals surface area contributed by atoms with E-state index in [9.17, 15) is 9.59 Å². The fourth-order valence-corrected chi connectivity index (χ4v) is 4.75. The maximum absolute atomic E-state index is 12.3. The topological polar surface area (TPSA) is 65.5 Å². The molecule has 1 N–H and O–H groups in total. The summed E-state index contributed by atoms with van der Waals surface area (Å²) in [6.07, 6.45) is 0. The molecule has 1 aliphatic rings. The average Bonchev–Trinajstić information content (AvgIpc) is 3.20. The molecule has 7 heteroatoms. The van der Waals surface area contributed by atoms with Crippen molar-refractivity contribution in [2.24, 2.45) is 0 Å². The van der Waals surface area contributed by atoms with Gasteiger partial charge in [-0.2, -0.15) is 0 Å². The normalized spacial score (nSPS) is 14.8. The quantitative estimate of drug-likeness (QED) is 0.617. The van der Waals surface area contributed by atoms with Crippen LogP contribution in [0.2, 0.25) is 0 Å². The predicted octanol–water partition coefficient (Wildman–Crippen LogP) is 3.36. The first-order valence-corrected chi connectivity index (χ1v) is 11.1. The number of carbonyl (C=O) groups excluding carboxylic acids is 2. The van der Waals surface area contributed by atoms with Gasteiger partial charge >= 0.3 is 0 Å². The molecule has 1 aliphatic heterocycles. The first-order valence-electron chi connectivity index (χ1n) is 10.2. The first kappa shape index (κ1) is 20.5. The molecule has 6 nitrogen and oxygen atoms in total. The van der Waals surface area contributed by atoms with Crippen LogP contribution in [0, 0.1) is 6.92 Å². The Kier molecular flexibility index (Phi) is 6.11. The van der Waals surface area contributed by atoms with Crippen LogP contribution < -0.4 is 10.2 Å². The largest absolute Gasteiger partial charge is 0.351 e. The van der Waals surface area contributed by atoms with Crippen molar-refractivity contribution in [1.29, 1.82) is 0 Å². The number of aromatic nitrogens is 1. The van der Waals surface area contributed by atoms with E-state index in [1.54, 1.807) is 35.6 Å². The lowest BCUT2D eigenvalue weighted by molar-refractivity contribution is 0.0945. The molecule has 30 heavy (non-hydrogen) atoms. The van der Waals surface area contributed by atoms with Crippen molar-refractivity contribution in [3.63, 3.8) is 0 Å². The highest BCUT2D eigenvalue weighted by atomic mass is 32.1. The maximum atomic E-state index is 12.3. The van der Waals surface area contributed by atoms with Crippen molar-refractivity contribution >= 4 is 38.4 Å². The molecule has 1 aromatic heterocycles. The third kappa shape index (κ3) is 4.52. The van der Waals surface area contributed by atoms with Gasteiger partial charge in [0.2, 0.25) is 0 Å². The van der Waals surface area contributed by atoms with Gasteiger partial charge in [-0.05, 0) is 37.6 Å². The highest BCUT2D eigenvalue weighted by molar-refractivity contribution is 7.22. The number of benzene rings is 2. The number of piperazine rings is 1. The molecular formula is C23H26N4O2S. The van der Waals surface area contributed by atoms with Gasteiger partial charge in [-0.3, -0.25) is 14.5 Å². The van der Waals surface area contributed by atoms with E-state index in [-0.39, 0.29) is 11.7 Å². The Hall–Kier alpha value is -2.77. The van der Waals surface area contributed by atoms with Gasteiger partial charge in [0.25, 0.3) is 5.91 Å². The van der Waals surface area contributed by atoms with E-state index in [0.717, 1.165) is 43.4 Å². The summed E-state index contributed by atoms with van der Waals surface area (Å²) in [5, 5.41) is 4.07. The lowest BCUT2D eigenvalue weighted by Crippen LogP contribution is -2.48. The zero-order valence-electron chi connectivity index (χ0n) is 17.4. The van der Waals surface area contributed by atoms with Gasteiger partial charge in [-0.1, -0.05) is 35.6 Å². The highest BCUT2D eigenvalue weighted by Crippen LogP contribution is 2.30. The van der Waals surface area contributed by atoms with Crippen LogP contribution in [0.3, 0.4) is 0 Å². The van der Waals surface area contributed by atoms with Gasteiger partial charge in [-0.25, -0.2) is 4.98 Å². The fraction of sp³-hybridized carbons (Fsp3) is 0.348. The van der Waals surface area contributed by atoms with Crippen LogP contribution in [0.5, 0.6) is 0 Å². The molecule has 0 atom stereocenters. The molecule has 0 saturated carbocycles. The number of para-hydroxylation sites is 1. The number of Topliss-reactive ketones (excluding diaryl/α,β-unsaturated/α-hetero) is 1. The van der Waals surface area contributed by atoms with Crippen molar-refractivity contribution in [3.8, 4) is 0 Å². The summed E-state index contributed by atoms with van der Waals surface area (Å²) >= 11 is 1.76. The Labute approximate surface area is 180 Å². The zero-order valence-corrected chi connectivity index (χ0v) is 18.2. The van der Waals surface area contributed by atoms with Gasteiger partial charge in [0.05, 0.1) is 10.2 Å². The Balaban J connectivity index is 1.24. The zero-order chi connectivity index (χ0) is 21.1. The van der Waals surface area contributed by atoms with Crippen molar-refractivity contribution < 1.29 is 9.59 Å². The van der Waals surface area contributed by atoms with Crippen molar-refractivity contribution in [1.82, 2.24) is 15.2 Å². The molecule has 1 amide bonds. The number of ketones is 1. The second-order valence-corrected chi connectivity index (χ2v) is 8.65. The van der Waals surface area contributed by atoms with Crippen molar-refractivity contribution in [2.75, 3.05) is 44.2 Å². The molecule has 0 radical (unpaired) electrons. The predicted molar refractivity (Wildman–Crippen MR) is 122 cm³/mol. The molecule has 0 aliphatic carbocycles. The summed E-state index contributed by atoms with van der Waals surface area (Å²) in [5.41, 5.74) is 3.53. The van der Waals surface area contributed by atoms with Crippen LogP contribution in [0.25, 0.3) is 10.2 Å². The third-order valence-electron chi connectivity index (χ3n) is 5.52. The van der Waals surface area contributed by atoms with Crippen molar-refractivity contribution in [2.45, 2.75) is 13.8 Å². The van der Waals surface area contributed by atoms with E-state index in [1.165, 1.54) is 17.2 Å². The fourth-order valence-electron chi connectivity index (χ4n) is 3.66. The number of carbonyl (C=O) groups is 2. The number of nitrogens with zero attached hydrogens (tertiary/aromatic N) is 3. The molecule has 1 fully saturated rings. The molecule has 0 unspecified atom stereocenters. The van der Waals surface area contributed by atoms with Gasteiger partial charge < -0.3 is 10.2 Å². The minimum absolute atomic E-state index is 0.00193.